The lowest BCUT2D eigenvalue weighted by Crippen LogP contribution is -2.41. The molecule has 0 aliphatic carbocycles. The smallest absolute Gasteiger partial charge is 0.206 e. The number of fused-ring (bicyclic) bond motifs is 3. The van der Waals surface area contributed by atoms with Gasteiger partial charge in [-0.1, -0.05) is 29.8 Å². The molecule has 2 aromatic rings. The van der Waals surface area contributed by atoms with Crippen LogP contribution in [0.2, 0.25) is 5.02 Å². The van der Waals surface area contributed by atoms with Crippen molar-refractivity contribution >= 4 is 45.9 Å². The largest absolute Gasteiger partial charge is 0.310 e. The van der Waals surface area contributed by atoms with Crippen molar-refractivity contribution in [2.24, 2.45) is 4.99 Å². The van der Waals surface area contributed by atoms with E-state index in [1.54, 1.807) is 0 Å². The molecular weight excluding hydrogens is 386 g/mol. The molecule has 2 aliphatic rings. The number of guanidine groups is 1. The van der Waals surface area contributed by atoms with Gasteiger partial charge in [-0.2, -0.15) is 0 Å². The van der Waals surface area contributed by atoms with Crippen molar-refractivity contribution in [2.45, 2.75) is 26.8 Å². The Morgan fingerprint density at radius 3 is 2.54 bits per heavy atom. The molecule has 0 fully saturated rings. The van der Waals surface area contributed by atoms with Gasteiger partial charge >= 0.3 is 0 Å². The van der Waals surface area contributed by atoms with Gasteiger partial charge < -0.3 is 9.80 Å². The second-order valence-corrected chi connectivity index (χ2v) is 6.70. The highest BCUT2D eigenvalue weighted by Gasteiger charge is 2.34. The number of halogens is 2. The number of anilines is 2. The predicted octanol–water partition coefficient (Wildman–Crippen LogP) is 5.12. The van der Waals surface area contributed by atoms with Crippen LogP contribution >= 0.6 is 28.6 Å². The summed E-state index contributed by atoms with van der Waals surface area (Å²) in [7, 11) is 0. The molecule has 2 aliphatic heterocycles. The maximum Gasteiger partial charge on any atom is 0.206 e. The van der Waals surface area contributed by atoms with Crippen LogP contribution in [0.15, 0.2) is 41.4 Å². The highest BCUT2D eigenvalue weighted by Crippen LogP contribution is 2.41. The Hall–Kier alpha value is -1.52. The molecule has 2 heterocycles. The Kier molecular flexibility index (Phi) is 4.88. The highest BCUT2D eigenvalue weighted by atomic mass is 79.9. The summed E-state index contributed by atoms with van der Waals surface area (Å²) in [6, 6.07) is 12.6. The molecule has 0 saturated heterocycles. The quantitative estimate of drug-likeness (QED) is 0.689. The zero-order valence-electron chi connectivity index (χ0n) is 13.9. The van der Waals surface area contributed by atoms with Gasteiger partial charge in [-0.3, -0.25) is 4.99 Å². The molecule has 5 heteroatoms. The van der Waals surface area contributed by atoms with Crippen molar-refractivity contribution in [3.63, 3.8) is 0 Å². The number of aryl methyl sites for hydroxylation is 2. The first-order chi connectivity index (χ1) is 11.1. The summed E-state index contributed by atoms with van der Waals surface area (Å²) in [6.45, 7) is 7.03. The third-order valence-corrected chi connectivity index (χ3v) is 5.10. The first-order valence-electron chi connectivity index (χ1n) is 8.09. The normalized spacial score (nSPS) is 15.5. The van der Waals surface area contributed by atoms with E-state index in [2.05, 4.69) is 41.8 Å². The van der Waals surface area contributed by atoms with Gasteiger partial charge in [0, 0.05) is 18.1 Å². The SMILES string of the molecule is Br.Cc1cc2c(cc1C)N(Cc1ccccc1Cl)C1=NCCCN12. The Bertz CT molecular complexity index is 803. The molecule has 4 rings (SSSR count). The van der Waals surface area contributed by atoms with E-state index < -0.39 is 0 Å². The number of benzene rings is 2. The third-order valence-electron chi connectivity index (χ3n) is 4.73. The standard InChI is InChI=1S/C19H20ClN3.BrH/c1-13-10-17-18(11-14(13)2)23(19-21-8-5-9-22(17)19)12-15-6-3-4-7-16(15)20;/h3-4,6-7,10-11H,5,8-9,12H2,1-2H3;1H. The molecule has 0 aromatic heterocycles. The number of aliphatic imine (C=N–C) groups is 1. The monoisotopic (exact) mass is 405 g/mol. The topological polar surface area (TPSA) is 18.8 Å². The Morgan fingerprint density at radius 2 is 1.79 bits per heavy atom. The third kappa shape index (κ3) is 2.82. The molecule has 0 saturated carbocycles. The first kappa shape index (κ1) is 17.3. The van der Waals surface area contributed by atoms with Crippen LogP contribution < -0.4 is 9.80 Å². The van der Waals surface area contributed by atoms with Crippen LogP contribution in [0, 0.1) is 13.8 Å². The number of hydrogen-bond donors (Lipinski definition) is 0. The van der Waals surface area contributed by atoms with Gasteiger partial charge in [0.2, 0.25) is 5.96 Å². The van der Waals surface area contributed by atoms with E-state index in [0.29, 0.717) is 0 Å². The molecule has 0 amide bonds. The van der Waals surface area contributed by atoms with Crippen LogP contribution in [0.25, 0.3) is 0 Å². The summed E-state index contributed by atoms with van der Waals surface area (Å²) in [5, 5.41) is 0.813. The van der Waals surface area contributed by atoms with E-state index in [-0.39, 0.29) is 17.0 Å². The lowest BCUT2D eigenvalue weighted by Gasteiger charge is -2.27. The Morgan fingerprint density at radius 1 is 1.08 bits per heavy atom. The van der Waals surface area contributed by atoms with Crippen LogP contribution in [0.5, 0.6) is 0 Å². The second kappa shape index (κ2) is 6.77. The summed E-state index contributed by atoms with van der Waals surface area (Å²) < 4.78 is 0. The number of nitrogens with zero attached hydrogens (tertiary/aromatic N) is 3. The van der Waals surface area contributed by atoms with Crippen molar-refractivity contribution in [1.29, 1.82) is 0 Å². The first-order valence-corrected chi connectivity index (χ1v) is 8.47. The van der Waals surface area contributed by atoms with Crippen LogP contribution in [0.4, 0.5) is 11.4 Å². The van der Waals surface area contributed by atoms with Crippen molar-refractivity contribution in [3.05, 3.63) is 58.1 Å². The van der Waals surface area contributed by atoms with Crippen LogP contribution in [-0.4, -0.2) is 19.0 Å². The maximum atomic E-state index is 6.38. The van der Waals surface area contributed by atoms with Crippen molar-refractivity contribution in [1.82, 2.24) is 0 Å². The molecule has 0 spiro atoms. The van der Waals surface area contributed by atoms with Crippen molar-refractivity contribution in [2.75, 3.05) is 22.9 Å². The second-order valence-electron chi connectivity index (χ2n) is 6.29. The van der Waals surface area contributed by atoms with Gasteiger partial charge in [-0.15, -0.1) is 17.0 Å². The van der Waals surface area contributed by atoms with Gasteiger partial charge in [-0.25, -0.2) is 0 Å². The minimum absolute atomic E-state index is 0. The van der Waals surface area contributed by atoms with Gasteiger partial charge in [-0.05, 0) is 55.2 Å². The molecular formula is C19H21BrClN3. The summed E-state index contributed by atoms with van der Waals surface area (Å²) >= 11 is 6.38. The Labute approximate surface area is 158 Å². The molecule has 3 nitrogen and oxygen atoms in total. The van der Waals surface area contributed by atoms with Gasteiger partial charge in [0.15, 0.2) is 0 Å². The van der Waals surface area contributed by atoms with Gasteiger partial charge in [0.25, 0.3) is 0 Å². The van der Waals surface area contributed by atoms with E-state index in [1.807, 2.05) is 18.2 Å². The summed E-state index contributed by atoms with van der Waals surface area (Å²) in [4.78, 5) is 9.46. The minimum Gasteiger partial charge on any atom is -0.310 e. The van der Waals surface area contributed by atoms with E-state index in [1.165, 1.54) is 22.5 Å². The fourth-order valence-electron chi connectivity index (χ4n) is 3.33. The lowest BCUT2D eigenvalue weighted by atomic mass is 10.1. The molecule has 0 radical (unpaired) electrons. The zero-order chi connectivity index (χ0) is 16.0. The van der Waals surface area contributed by atoms with Crippen LogP contribution in [-0.2, 0) is 6.54 Å². The maximum absolute atomic E-state index is 6.38. The van der Waals surface area contributed by atoms with Gasteiger partial charge in [0.1, 0.15) is 0 Å². The predicted molar refractivity (Wildman–Crippen MR) is 108 cm³/mol. The summed E-state index contributed by atoms with van der Waals surface area (Å²) in [6.07, 6.45) is 1.11. The highest BCUT2D eigenvalue weighted by molar-refractivity contribution is 8.93. The average molecular weight is 407 g/mol. The summed E-state index contributed by atoms with van der Waals surface area (Å²) in [5.74, 6) is 1.07. The fraction of sp³-hybridized carbons (Fsp3) is 0.316. The molecule has 0 unspecified atom stereocenters. The van der Waals surface area contributed by atoms with E-state index in [9.17, 15) is 0 Å². The molecule has 126 valence electrons. The minimum atomic E-state index is 0. The molecule has 24 heavy (non-hydrogen) atoms. The van der Waals surface area contributed by atoms with E-state index >= 15 is 0 Å². The molecule has 0 bridgehead atoms. The summed E-state index contributed by atoms with van der Waals surface area (Å²) in [5.41, 5.74) is 6.29. The van der Waals surface area contributed by atoms with Crippen LogP contribution in [0.3, 0.4) is 0 Å². The Balaban J connectivity index is 0.00000169. The van der Waals surface area contributed by atoms with Crippen molar-refractivity contribution < 1.29 is 0 Å². The van der Waals surface area contributed by atoms with Crippen LogP contribution in [0.1, 0.15) is 23.1 Å². The number of rotatable bonds is 2. The number of hydrogen-bond acceptors (Lipinski definition) is 3. The molecule has 2 aromatic carbocycles. The van der Waals surface area contributed by atoms with Crippen molar-refractivity contribution in [3.8, 4) is 0 Å². The fourth-order valence-corrected chi connectivity index (χ4v) is 3.53. The molecule has 0 atom stereocenters. The van der Waals surface area contributed by atoms with E-state index in [0.717, 1.165) is 42.6 Å². The van der Waals surface area contributed by atoms with Gasteiger partial charge in [0.05, 0.1) is 17.9 Å². The average Bonchev–Trinajstić information content (AvgIpc) is 2.84. The molecule has 0 N–H and O–H groups in total. The van der Waals surface area contributed by atoms with E-state index in [4.69, 9.17) is 16.6 Å². The lowest BCUT2D eigenvalue weighted by molar-refractivity contribution is 0.784. The zero-order valence-corrected chi connectivity index (χ0v) is 16.4.